The number of benzene rings is 2. The van der Waals surface area contributed by atoms with E-state index in [1.165, 1.54) is 29.1 Å². The average Bonchev–Trinajstić information content (AvgIpc) is 1.68. The molecule has 10 rings (SSSR count). The van der Waals surface area contributed by atoms with Crippen LogP contribution in [0.4, 0.5) is 11.4 Å². The van der Waals surface area contributed by atoms with Crippen LogP contribution < -0.4 is 90.6 Å². The van der Waals surface area contributed by atoms with E-state index in [4.69, 9.17) is 60.8 Å². The zero-order valence-electron chi connectivity index (χ0n) is 56.6. The van der Waals surface area contributed by atoms with Gasteiger partial charge in [0.2, 0.25) is 0 Å². The second-order valence-corrected chi connectivity index (χ2v) is 20.5. The van der Waals surface area contributed by atoms with E-state index in [1.54, 1.807) is 85.8 Å². The minimum atomic E-state index is -1.53. The van der Waals surface area contributed by atoms with Gasteiger partial charge in [0.1, 0.15) is 54.0 Å². The number of aliphatic carboxylic acids is 3. The number of para-hydroxylation sites is 2. The van der Waals surface area contributed by atoms with Gasteiger partial charge in [-0.25, -0.2) is 49.2 Å². The summed E-state index contributed by atoms with van der Waals surface area (Å²) < 4.78 is 9.37. The molecule has 8 heterocycles. The van der Waals surface area contributed by atoms with E-state index < -0.39 is 108 Å². The third-order valence-corrected chi connectivity index (χ3v) is 13.6. The first-order valence-corrected chi connectivity index (χ1v) is 29.6. The summed E-state index contributed by atoms with van der Waals surface area (Å²) in [6.45, 7) is 15.7. The van der Waals surface area contributed by atoms with Gasteiger partial charge in [-0.15, -0.1) is 0 Å². The zero-order chi connectivity index (χ0) is 75.2. The standard InChI is InChI=1S/C10H9N3O3.C10H11N3O.C8H13N3O3.C7H11N3O3.C6H9N3O3.C6H11N3O.C5H7N3O3.C5H9N3O.Na/c11-7-8(10(15)16)12-13(9(7)14)6-4-2-1-3-5-6;1-7-9(11)10(14)13(12-7)8-5-3-2-4-6-8;1-3-11-7(12)5(9)6(10-11)8(13)14-4-2;1-3-13-7(12)5-4(8)6(11)10(2)9-5;1-2-9-5(10)3(7)4(8-9)6(11)12;1-3-9-6(10)5(7)4(2)8-9;1-8-4(9)2(6)3(7-8)5(10)11;1-3-4(6)5(9)8(2)7-3;/h1-5,7H,11H2,(H,15,16);2-6,9H,11H2,1H3;5H,3-4,9H2,1-2H3;4H,3,8H2,1-2H3;3H,2,7H2,1H3,(H,11,12);5H,3,7H2,1-2H3;2H,6H2,1H3,(H,10,11);4H,6H2,1-2H3;/q;;;;;;;;+1/p-1. The maximum Gasteiger partial charge on any atom is 1.00 e. The summed E-state index contributed by atoms with van der Waals surface area (Å²) in [6, 6.07) is 10.7. The fourth-order valence-electron chi connectivity index (χ4n) is 8.09. The largest absolute Gasteiger partial charge is 1.00 e. The minimum absolute atomic E-state index is 0. The molecule has 8 amide bonds. The molecule has 0 radical (unpaired) electrons. The van der Waals surface area contributed by atoms with Gasteiger partial charge in [-0.2, -0.15) is 50.8 Å². The van der Waals surface area contributed by atoms with Crippen molar-refractivity contribution < 1.29 is 117 Å². The van der Waals surface area contributed by atoms with Crippen LogP contribution in [-0.4, -0.2) is 265 Å². The van der Waals surface area contributed by atoms with E-state index in [0.29, 0.717) is 42.5 Å². The third-order valence-electron chi connectivity index (χ3n) is 13.6. The van der Waals surface area contributed by atoms with Crippen LogP contribution in [0.5, 0.6) is 0 Å². The number of ether oxygens (including phenoxy) is 2. The molecule has 8 atom stereocenters. The Bertz CT molecular complexity index is 3680. The number of carbonyl (C=O) groups excluding carboxylic acids is 11. The first-order valence-electron chi connectivity index (χ1n) is 29.6. The number of nitrogens with two attached hydrogens (primary N) is 8. The smallest absolute Gasteiger partial charge is 0.543 e. The Balaban J connectivity index is 0.000000390. The van der Waals surface area contributed by atoms with E-state index in [9.17, 15) is 67.4 Å². The van der Waals surface area contributed by atoms with Gasteiger partial charge in [0.25, 0.3) is 47.3 Å². The topological polar surface area (TPSA) is 637 Å². The quantitative estimate of drug-likeness (QED) is 0.0697. The van der Waals surface area contributed by atoms with Crippen molar-refractivity contribution in [1.82, 2.24) is 30.1 Å². The molecule has 0 bridgehead atoms. The second kappa shape index (κ2) is 39.3. The molecule has 42 nitrogen and oxygen atoms in total. The van der Waals surface area contributed by atoms with Gasteiger partial charge in [-0.1, -0.05) is 36.4 Å². The van der Waals surface area contributed by atoms with Gasteiger partial charge in [-0.05, 0) is 79.7 Å². The SMILES string of the molecule is CC1=NN(C)C(=O)C1N.CC1=NN(c2ccccc2)C(=O)C1N.CCN1N=C(C(=O)O)C(N)C1=O.CCN1N=C(C)C(N)C1=O.CCOC(=O)C1=NN(C)C(=O)C1N.CCOC(=O)C1=NN(CC)C(=O)C1N.CN1N=C(C(=O)O)C(N)C1=O.NC1C(=O)N(c2ccccc2)N=C1C(=O)[O-].[Na+]. The fourth-order valence-corrected chi connectivity index (χ4v) is 8.09. The van der Waals surface area contributed by atoms with Crippen molar-refractivity contribution in [3.63, 3.8) is 0 Å². The van der Waals surface area contributed by atoms with Gasteiger partial charge >= 0.3 is 53.4 Å². The van der Waals surface area contributed by atoms with Gasteiger partial charge in [0.05, 0.1) is 47.7 Å². The van der Waals surface area contributed by atoms with Gasteiger partial charge in [0, 0.05) is 40.8 Å². The third kappa shape index (κ3) is 21.8. The van der Waals surface area contributed by atoms with Crippen LogP contribution in [0.2, 0.25) is 0 Å². The summed E-state index contributed by atoms with van der Waals surface area (Å²) in [6.07, 6.45) is 0. The maximum atomic E-state index is 11.6. The number of hydrogen-bond donors (Lipinski definition) is 10. The first-order chi connectivity index (χ1) is 46.4. The molecule has 8 aliphatic rings. The minimum Gasteiger partial charge on any atom is -0.543 e. The number of rotatable bonds is 12. The molecule has 2 aromatic carbocycles. The van der Waals surface area contributed by atoms with Gasteiger partial charge in [0.15, 0.2) is 22.8 Å². The molecule has 18 N–H and O–H groups in total. The number of esters is 2. The summed E-state index contributed by atoms with van der Waals surface area (Å²) in [7, 11) is 4.39. The normalized spacial score (nSPS) is 22.3. The summed E-state index contributed by atoms with van der Waals surface area (Å²) in [5.74, 6) is -7.99. The average molecular weight is 1410 g/mol. The van der Waals surface area contributed by atoms with Gasteiger partial charge < -0.3 is 75.5 Å². The van der Waals surface area contributed by atoms with Crippen LogP contribution in [0.1, 0.15) is 55.4 Å². The Kier molecular flexibility index (Phi) is 33.6. The number of hydrazone groups is 8. The molecular weight excluding hydrogens is 1330 g/mol. The predicted molar refractivity (Wildman–Crippen MR) is 352 cm³/mol. The van der Waals surface area contributed by atoms with Crippen molar-refractivity contribution >= 4 is 134 Å². The molecular formula is C57H79N24NaO18. The van der Waals surface area contributed by atoms with Crippen LogP contribution in [0, 0.1) is 0 Å². The number of nitrogens with zero attached hydrogens (tertiary/aromatic N) is 16. The van der Waals surface area contributed by atoms with Crippen molar-refractivity contribution in [3.8, 4) is 0 Å². The molecule has 0 saturated carbocycles. The molecule has 0 saturated heterocycles. The number of hydrogen-bond acceptors (Lipinski definition) is 32. The number of carboxylic acids is 3. The van der Waals surface area contributed by atoms with Gasteiger partial charge in [-0.3, -0.25) is 38.4 Å². The van der Waals surface area contributed by atoms with E-state index in [2.05, 4.69) is 45.5 Å². The summed E-state index contributed by atoms with van der Waals surface area (Å²) in [5.41, 5.74) is 45.5. The van der Waals surface area contributed by atoms with Crippen LogP contribution in [0.15, 0.2) is 101 Å². The predicted octanol–water partition coefficient (Wildman–Crippen LogP) is -10.4. The Labute approximate surface area is 593 Å². The van der Waals surface area contributed by atoms with Crippen LogP contribution >= 0.6 is 0 Å². The number of amides is 8. The Morgan fingerprint density at radius 2 is 0.670 bits per heavy atom. The van der Waals surface area contributed by atoms with Crippen LogP contribution in [-0.2, 0) is 71.8 Å². The Morgan fingerprint density at radius 3 is 0.930 bits per heavy atom. The summed E-state index contributed by atoms with van der Waals surface area (Å²) in [5, 5.41) is 66.7. The molecule has 0 fully saturated rings. The molecule has 0 spiro atoms. The number of likely N-dealkylation sites (N-methyl/N-ethyl adjacent to an activating group) is 6. The van der Waals surface area contributed by atoms with E-state index in [0.717, 1.165) is 30.7 Å². The van der Waals surface area contributed by atoms with Crippen LogP contribution in [0.3, 0.4) is 0 Å². The molecule has 2 aromatic rings. The van der Waals surface area contributed by atoms with Crippen molar-refractivity contribution in [2.75, 3.05) is 64.0 Å². The summed E-state index contributed by atoms with van der Waals surface area (Å²) >= 11 is 0. The van der Waals surface area contributed by atoms with Crippen molar-refractivity contribution in [3.05, 3.63) is 60.7 Å². The van der Waals surface area contributed by atoms with E-state index in [1.807, 2.05) is 37.3 Å². The van der Waals surface area contributed by atoms with Crippen LogP contribution in [0.25, 0.3) is 0 Å². The number of anilines is 2. The first kappa shape index (κ1) is 85.7. The van der Waals surface area contributed by atoms with Crippen molar-refractivity contribution in [2.45, 2.75) is 104 Å². The molecule has 8 aliphatic heterocycles. The number of carbonyl (C=O) groups is 13. The molecule has 0 aromatic heterocycles. The Hall–Kier alpha value is -10.4. The maximum absolute atomic E-state index is 11.6. The summed E-state index contributed by atoms with van der Waals surface area (Å²) in [4.78, 5) is 143. The molecule has 43 heteroatoms. The monoisotopic (exact) mass is 1410 g/mol. The molecule has 8 unspecified atom stereocenters. The second-order valence-electron chi connectivity index (χ2n) is 20.5. The van der Waals surface area contributed by atoms with Crippen molar-refractivity contribution in [1.29, 1.82) is 0 Å². The van der Waals surface area contributed by atoms with E-state index in [-0.39, 0.29) is 89.2 Å². The fraction of sp³-hybridized carbons (Fsp3) is 0.421. The molecule has 100 heavy (non-hydrogen) atoms. The Morgan fingerprint density at radius 1 is 0.390 bits per heavy atom. The molecule has 536 valence electrons. The zero-order valence-corrected chi connectivity index (χ0v) is 58.6. The molecule has 0 aliphatic carbocycles. The van der Waals surface area contributed by atoms with Crippen molar-refractivity contribution in [2.24, 2.45) is 86.7 Å². The number of carboxylic acid groups (broad SMARTS) is 3. The van der Waals surface area contributed by atoms with E-state index >= 15 is 0 Å².